The summed E-state index contributed by atoms with van der Waals surface area (Å²) in [5, 5.41) is 0. The van der Waals surface area contributed by atoms with E-state index < -0.39 is 0 Å². The van der Waals surface area contributed by atoms with Crippen LogP contribution < -0.4 is 0 Å². The normalized spacial score (nSPS) is 10.6. The second-order valence-electron chi connectivity index (χ2n) is 6.20. The second kappa shape index (κ2) is 8.34. The molecule has 0 saturated carbocycles. The molecule has 0 radical (unpaired) electrons. The van der Waals surface area contributed by atoms with E-state index in [4.69, 9.17) is 0 Å². The molecule has 3 heteroatoms. The number of nitrogens with zero attached hydrogens (tertiary/aromatic N) is 2. The van der Waals surface area contributed by atoms with Gasteiger partial charge in [-0.15, -0.1) is 0 Å². The van der Waals surface area contributed by atoms with E-state index in [1.165, 1.54) is 5.56 Å². The fourth-order valence-electron chi connectivity index (χ4n) is 2.98. The molecule has 0 spiro atoms. The molecule has 1 aromatic heterocycles. The third-order valence-electron chi connectivity index (χ3n) is 4.34. The summed E-state index contributed by atoms with van der Waals surface area (Å²) in [5.41, 5.74) is 3.57. The van der Waals surface area contributed by atoms with Crippen molar-refractivity contribution >= 4 is 5.91 Å². The SMILES string of the molecule is CCC(=O)N(Cc1ccccc1)Cc1cccn1Cc1ccccc1. The Kier molecular flexibility index (Phi) is 5.68. The zero-order valence-corrected chi connectivity index (χ0v) is 14.6. The number of rotatable bonds is 7. The molecule has 3 aromatic rings. The molecule has 0 atom stereocenters. The van der Waals surface area contributed by atoms with Gasteiger partial charge in [0.15, 0.2) is 0 Å². The van der Waals surface area contributed by atoms with Crippen LogP contribution in [0, 0.1) is 0 Å². The molecule has 0 unspecified atom stereocenters. The number of hydrogen-bond acceptors (Lipinski definition) is 1. The Labute approximate surface area is 149 Å². The quantitative estimate of drug-likeness (QED) is 0.626. The summed E-state index contributed by atoms with van der Waals surface area (Å²) in [7, 11) is 0. The van der Waals surface area contributed by atoms with Crippen molar-refractivity contribution in [3.8, 4) is 0 Å². The monoisotopic (exact) mass is 332 g/mol. The Balaban J connectivity index is 1.76. The van der Waals surface area contributed by atoms with E-state index in [0.29, 0.717) is 19.5 Å². The molecule has 0 fully saturated rings. The number of hydrogen-bond donors (Lipinski definition) is 0. The van der Waals surface area contributed by atoms with Crippen LogP contribution in [0.15, 0.2) is 79.0 Å². The summed E-state index contributed by atoms with van der Waals surface area (Å²) < 4.78 is 2.22. The maximum Gasteiger partial charge on any atom is 0.222 e. The lowest BCUT2D eigenvalue weighted by Gasteiger charge is -2.23. The first-order valence-corrected chi connectivity index (χ1v) is 8.76. The summed E-state index contributed by atoms with van der Waals surface area (Å²) in [6, 6.07) is 24.7. The molecule has 128 valence electrons. The molecule has 0 aliphatic carbocycles. The summed E-state index contributed by atoms with van der Waals surface area (Å²) in [5.74, 6) is 0.177. The molecule has 0 saturated heterocycles. The molecule has 25 heavy (non-hydrogen) atoms. The van der Waals surface area contributed by atoms with Crippen LogP contribution >= 0.6 is 0 Å². The Bertz CT molecular complexity index is 793. The Hall–Kier alpha value is -2.81. The van der Waals surface area contributed by atoms with Gasteiger partial charge in [0.05, 0.1) is 6.54 Å². The smallest absolute Gasteiger partial charge is 0.222 e. The fourth-order valence-corrected chi connectivity index (χ4v) is 2.98. The predicted octanol–water partition coefficient (Wildman–Crippen LogP) is 4.48. The number of aromatic nitrogens is 1. The summed E-state index contributed by atoms with van der Waals surface area (Å²) in [6.45, 7) is 4.01. The lowest BCUT2D eigenvalue weighted by molar-refractivity contribution is -0.132. The highest BCUT2D eigenvalue weighted by Crippen LogP contribution is 2.14. The average molecular weight is 332 g/mol. The minimum atomic E-state index is 0.177. The van der Waals surface area contributed by atoms with Crippen molar-refractivity contribution in [2.45, 2.75) is 33.0 Å². The highest BCUT2D eigenvalue weighted by molar-refractivity contribution is 5.75. The molecule has 2 aromatic carbocycles. The van der Waals surface area contributed by atoms with Gasteiger partial charge >= 0.3 is 0 Å². The van der Waals surface area contributed by atoms with Crippen molar-refractivity contribution in [1.82, 2.24) is 9.47 Å². The zero-order valence-electron chi connectivity index (χ0n) is 14.6. The van der Waals surface area contributed by atoms with Crippen LogP contribution in [0.25, 0.3) is 0 Å². The first-order valence-electron chi connectivity index (χ1n) is 8.76. The zero-order chi connectivity index (χ0) is 17.5. The van der Waals surface area contributed by atoms with Crippen molar-refractivity contribution in [3.63, 3.8) is 0 Å². The maximum absolute atomic E-state index is 12.4. The highest BCUT2D eigenvalue weighted by atomic mass is 16.2. The minimum Gasteiger partial charge on any atom is -0.345 e. The Morgan fingerprint density at radius 1 is 0.840 bits per heavy atom. The van der Waals surface area contributed by atoms with Crippen LogP contribution in [0.2, 0.25) is 0 Å². The van der Waals surface area contributed by atoms with Crippen LogP contribution in [0.1, 0.15) is 30.2 Å². The first-order chi connectivity index (χ1) is 12.3. The van der Waals surface area contributed by atoms with Gasteiger partial charge in [0.1, 0.15) is 0 Å². The van der Waals surface area contributed by atoms with Crippen molar-refractivity contribution in [3.05, 3.63) is 95.8 Å². The van der Waals surface area contributed by atoms with E-state index in [2.05, 4.69) is 59.3 Å². The number of amides is 1. The fraction of sp³-hybridized carbons (Fsp3) is 0.227. The van der Waals surface area contributed by atoms with E-state index >= 15 is 0 Å². The third kappa shape index (κ3) is 4.60. The van der Waals surface area contributed by atoms with Gasteiger partial charge in [-0.2, -0.15) is 0 Å². The molecule has 1 amide bonds. The van der Waals surface area contributed by atoms with E-state index in [9.17, 15) is 4.79 Å². The van der Waals surface area contributed by atoms with Crippen LogP contribution in [0.5, 0.6) is 0 Å². The van der Waals surface area contributed by atoms with E-state index in [1.807, 2.05) is 36.1 Å². The molecule has 0 aliphatic heterocycles. The first kappa shape index (κ1) is 17.0. The van der Waals surface area contributed by atoms with E-state index in [-0.39, 0.29) is 5.91 Å². The van der Waals surface area contributed by atoms with Gasteiger partial charge in [0.25, 0.3) is 0 Å². The van der Waals surface area contributed by atoms with Gasteiger partial charge < -0.3 is 9.47 Å². The third-order valence-corrected chi connectivity index (χ3v) is 4.34. The standard InChI is InChI=1S/C22H24N2O/c1-2-22(25)24(17-20-12-7-4-8-13-20)18-21-14-9-15-23(21)16-19-10-5-3-6-11-19/h3-15H,2,16-18H2,1H3. The molecule has 0 aliphatic rings. The van der Waals surface area contributed by atoms with Crippen molar-refractivity contribution in [2.24, 2.45) is 0 Å². The molecule has 1 heterocycles. The van der Waals surface area contributed by atoms with Gasteiger partial charge in [0.2, 0.25) is 5.91 Å². The lowest BCUT2D eigenvalue weighted by atomic mass is 10.2. The van der Waals surface area contributed by atoms with Crippen LogP contribution in [0.3, 0.4) is 0 Å². The molecule has 0 N–H and O–H groups in total. The van der Waals surface area contributed by atoms with Gasteiger partial charge in [-0.1, -0.05) is 67.6 Å². The summed E-state index contributed by atoms with van der Waals surface area (Å²) >= 11 is 0. The van der Waals surface area contributed by atoms with Crippen LogP contribution in [-0.4, -0.2) is 15.4 Å². The Morgan fingerprint density at radius 3 is 2.12 bits per heavy atom. The summed E-state index contributed by atoms with van der Waals surface area (Å²) in [4.78, 5) is 14.4. The van der Waals surface area contributed by atoms with Gasteiger partial charge in [-0.3, -0.25) is 4.79 Å². The van der Waals surface area contributed by atoms with Crippen LogP contribution in [-0.2, 0) is 24.4 Å². The van der Waals surface area contributed by atoms with Gasteiger partial charge in [-0.05, 0) is 23.3 Å². The van der Waals surface area contributed by atoms with Gasteiger partial charge in [0, 0.05) is 31.4 Å². The molecule has 3 rings (SSSR count). The highest BCUT2D eigenvalue weighted by Gasteiger charge is 2.14. The molecular formula is C22H24N2O. The lowest BCUT2D eigenvalue weighted by Crippen LogP contribution is -2.30. The number of carbonyl (C=O) groups is 1. The minimum absolute atomic E-state index is 0.177. The molecule has 3 nitrogen and oxygen atoms in total. The molecule has 0 bridgehead atoms. The van der Waals surface area contributed by atoms with Crippen LogP contribution in [0.4, 0.5) is 0 Å². The van der Waals surface area contributed by atoms with E-state index in [1.54, 1.807) is 0 Å². The van der Waals surface area contributed by atoms with Crippen molar-refractivity contribution < 1.29 is 4.79 Å². The maximum atomic E-state index is 12.4. The van der Waals surface area contributed by atoms with Crippen molar-refractivity contribution in [1.29, 1.82) is 0 Å². The Morgan fingerprint density at radius 2 is 1.48 bits per heavy atom. The van der Waals surface area contributed by atoms with Gasteiger partial charge in [-0.25, -0.2) is 0 Å². The predicted molar refractivity (Wildman–Crippen MR) is 101 cm³/mol. The summed E-state index contributed by atoms with van der Waals surface area (Å²) in [6.07, 6.45) is 2.60. The van der Waals surface area contributed by atoms with Crippen molar-refractivity contribution in [2.75, 3.05) is 0 Å². The van der Waals surface area contributed by atoms with E-state index in [0.717, 1.165) is 17.8 Å². The molecular weight excluding hydrogens is 308 g/mol. The second-order valence-corrected chi connectivity index (χ2v) is 6.20. The largest absolute Gasteiger partial charge is 0.345 e. The average Bonchev–Trinajstić information content (AvgIpc) is 3.09. The number of benzene rings is 2. The number of carbonyl (C=O) groups excluding carboxylic acids is 1. The topological polar surface area (TPSA) is 25.2 Å².